The van der Waals surface area contributed by atoms with Crippen LogP contribution in [0.15, 0.2) is 66.7 Å². The normalized spacial score (nSPS) is 14.2. The SMILES string of the molecule is CCCCCc1ccc(C(=O)N(Cc2ccc(NC(=O)c3ccc(C)c(C)c3)cc2)C2CCN(CCC(C)C)CC2)cc1. The van der Waals surface area contributed by atoms with Crippen molar-refractivity contribution in [3.8, 4) is 0 Å². The molecule has 2 amide bonds. The van der Waals surface area contributed by atoms with E-state index in [0.29, 0.717) is 18.0 Å². The summed E-state index contributed by atoms with van der Waals surface area (Å²) in [5.41, 5.74) is 6.80. The van der Waals surface area contributed by atoms with E-state index in [1.54, 1.807) is 0 Å². The number of likely N-dealkylation sites (tertiary alicyclic amines) is 1. The van der Waals surface area contributed by atoms with E-state index in [4.69, 9.17) is 0 Å². The van der Waals surface area contributed by atoms with Gasteiger partial charge < -0.3 is 15.1 Å². The highest BCUT2D eigenvalue weighted by Crippen LogP contribution is 2.24. The average molecular weight is 582 g/mol. The molecule has 1 N–H and O–H groups in total. The highest BCUT2D eigenvalue weighted by Gasteiger charge is 2.29. The molecule has 5 nitrogen and oxygen atoms in total. The van der Waals surface area contributed by atoms with Gasteiger partial charge >= 0.3 is 0 Å². The Morgan fingerprint density at radius 2 is 1.51 bits per heavy atom. The third kappa shape index (κ3) is 9.53. The van der Waals surface area contributed by atoms with Crippen LogP contribution in [0.2, 0.25) is 0 Å². The molecule has 3 aromatic rings. The minimum Gasteiger partial charge on any atom is -0.331 e. The molecule has 0 aliphatic carbocycles. The van der Waals surface area contributed by atoms with Crippen molar-refractivity contribution in [1.29, 1.82) is 0 Å². The molecule has 230 valence electrons. The van der Waals surface area contributed by atoms with Gasteiger partial charge in [0.2, 0.25) is 0 Å². The smallest absolute Gasteiger partial charge is 0.255 e. The molecule has 0 atom stereocenters. The number of unbranched alkanes of at least 4 members (excludes halogenated alkanes) is 2. The van der Waals surface area contributed by atoms with E-state index in [2.05, 4.69) is 48.0 Å². The van der Waals surface area contributed by atoms with Gasteiger partial charge in [-0.05, 0) is 117 Å². The van der Waals surface area contributed by atoms with Gasteiger partial charge in [-0.3, -0.25) is 9.59 Å². The lowest BCUT2D eigenvalue weighted by atomic mass is 9.99. The number of carbonyl (C=O) groups is 2. The van der Waals surface area contributed by atoms with Crippen LogP contribution in [0.4, 0.5) is 5.69 Å². The summed E-state index contributed by atoms with van der Waals surface area (Å²) in [5, 5.41) is 3.02. The van der Waals surface area contributed by atoms with Gasteiger partial charge in [-0.15, -0.1) is 0 Å². The van der Waals surface area contributed by atoms with Gasteiger partial charge in [0.25, 0.3) is 11.8 Å². The van der Waals surface area contributed by atoms with Gasteiger partial charge in [0.05, 0.1) is 0 Å². The molecule has 1 saturated heterocycles. The Labute approximate surface area is 259 Å². The van der Waals surface area contributed by atoms with Crippen LogP contribution >= 0.6 is 0 Å². The molecule has 0 aromatic heterocycles. The molecule has 0 radical (unpaired) electrons. The number of nitrogens with one attached hydrogen (secondary N) is 1. The second-order valence-electron chi connectivity index (χ2n) is 12.8. The number of anilines is 1. The Kier molecular flexibility index (Phi) is 12.0. The van der Waals surface area contributed by atoms with E-state index in [9.17, 15) is 9.59 Å². The molecular weight excluding hydrogens is 530 g/mol. The van der Waals surface area contributed by atoms with Gasteiger partial charge in [0, 0.05) is 42.5 Å². The van der Waals surface area contributed by atoms with Gasteiger partial charge in [-0.25, -0.2) is 0 Å². The molecule has 3 aromatic carbocycles. The molecule has 1 heterocycles. The molecule has 0 saturated carbocycles. The zero-order valence-electron chi connectivity index (χ0n) is 27.0. The van der Waals surface area contributed by atoms with Crippen LogP contribution < -0.4 is 5.32 Å². The third-order valence-corrected chi connectivity index (χ3v) is 8.89. The Morgan fingerprint density at radius 3 is 2.14 bits per heavy atom. The Morgan fingerprint density at radius 1 is 0.860 bits per heavy atom. The maximum absolute atomic E-state index is 14.0. The standard InChI is InChI=1S/C38H51N3O2/c1-6-7-8-9-31-11-16-33(17-12-31)38(43)41(36-21-24-40(25-22-36)23-20-28(2)3)27-32-13-18-35(19-14-32)39-37(42)34-15-10-29(4)30(5)26-34/h10-19,26,28,36H,6-9,20-25,27H2,1-5H3,(H,39,42). The van der Waals surface area contributed by atoms with Crippen molar-refractivity contribution in [2.75, 3.05) is 25.0 Å². The summed E-state index contributed by atoms with van der Waals surface area (Å²) in [7, 11) is 0. The molecule has 4 rings (SSSR count). The van der Waals surface area contributed by atoms with Crippen LogP contribution in [0.3, 0.4) is 0 Å². The topological polar surface area (TPSA) is 52.7 Å². The number of carbonyl (C=O) groups excluding carboxylic acids is 2. The van der Waals surface area contributed by atoms with E-state index in [1.807, 2.05) is 68.4 Å². The van der Waals surface area contributed by atoms with E-state index in [0.717, 1.165) is 61.3 Å². The number of hydrogen-bond acceptors (Lipinski definition) is 3. The van der Waals surface area contributed by atoms with Gasteiger partial charge in [-0.2, -0.15) is 0 Å². The molecule has 1 aliphatic heterocycles. The van der Waals surface area contributed by atoms with Crippen LogP contribution in [0, 0.1) is 19.8 Å². The first-order valence-corrected chi connectivity index (χ1v) is 16.3. The zero-order valence-corrected chi connectivity index (χ0v) is 27.0. The molecular formula is C38H51N3O2. The summed E-state index contributed by atoms with van der Waals surface area (Å²) in [5.74, 6) is 0.692. The average Bonchev–Trinajstić information content (AvgIpc) is 3.01. The number of nitrogens with zero attached hydrogens (tertiary/aromatic N) is 2. The maximum Gasteiger partial charge on any atom is 0.255 e. The van der Waals surface area contributed by atoms with E-state index in [-0.39, 0.29) is 17.9 Å². The van der Waals surface area contributed by atoms with Crippen LogP contribution in [0.1, 0.15) is 102 Å². The van der Waals surface area contributed by atoms with Crippen molar-refractivity contribution in [3.05, 3.63) is 100 Å². The lowest BCUT2D eigenvalue weighted by molar-refractivity contribution is 0.0546. The van der Waals surface area contributed by atoms with Crippen LogP contribution in [-0.4, -0.2) is 47.3 Å². The minimum absolute atomic E-state index is 0.104. The first-order valence-electron chi connectivity index (χ1n) is 16.3. The summed E-state index contributed by atoms with van der Waals surface area (Å²) in [4.78, 5) is 31.5. The van der Waals surface area contributed by atoms with Gasteiger partial charge in [0.1, 0.15) is 0 Å². The fraction of sp³-hybridized carbons (Fsp3) is 0.474. The second-order valence-corrected chi connectivity index (χ2v) is 12.8. The fourth-order valence-electron chi connectivity index (χ4n) is 5.80. The number of piperidine rings is 1. The van der Waals surface area contributed by atoms with Gasteiger partial charge in [0.15, 0.2) is 0 Å². The van der Waals surface area contributed by atoms with Crippen LogP contribution in [0.25, 0.3) is 0 Å². The van der Waals surface area contributed by atoms with Crippen molar-refractivity contribution >= 4 is 17.5 Å². The first-order chi connectivity index (χ1) is 20.7. The van der Waals surface area contributed by atoms with Crippen LogP contribution in [0.5, 0.6) is 0 Å². The number of aryl methyl sites for hydroxylation is 3. The van der Waals surface area contributed by atoms with E-state index in [1.165, 1.54) is 36.8 Å². The largest absolute Gasteiger partial charge is 0.331 e. The highest BCUT2D eigenvalue weighted by atomic mass is 16.2. The monoisotopic (exact) mass is 581 g/mol. The molecule has 1 aliphatic rings. The maximum atomic E-state index is 14.0. The second kappa shape index (κ2) is 15.9. The molecule has 0 unspecified atom stereocenters. The Bertz CT molecular complexity index is 1320. The van der Waals surface area contributed by atoms with Crippen LogP contribution in [-0.2, 0) is 13.0 Å². The zero-order chi connectivity index (χ0) is 30.8. The highest BCUT2D eigenvalue weighted by molar-refractivity contribution is 6.04. The summed E-state index contributed by atoms with van der Waals surface area (Å²) in [6.45, 7) is 14.6. The quantitative estimate of drug-likeness (QED) is 0.206. The number of amides is 2. The van der Waals surface area contributed by atoms with E-state index >= 15 is 0 Å². The lowest BCUT2D eigenvalue weighted by Gasteiger charge is -2.39. The first kappa shape index (κ1) is 32.5. The van der Waals surface area contributed by atoms with Crippen molar-refractivity contribution in [3.63, 3.8) is 0 Å². The summed E-state index contributed by atoms with van der Waals surface area (Å²) in [6.07, 6.45) is 7.89. The van der Waals surface area contributed by atoms with E-state index < -0.39 is 0 Å². The predicted molar refractivity (Wildman–Crippen MR) is 179 cm³/mol. The molecule has 0 bridgehead atoms. The number of hydrogen-bond donors (Lipinski definition) is 1. The van der Waals surface area contributed by atoms with Crippen molar-refractivity contribution in [2.24, 2.45) is 5.92 Å². The summed E-state index contributed by atoms with van der Waals surface area (Å²) >= 11 is 0. The summed E-state index contributed by atoms with van der Waals surface area (Å²) < 4.78 is 0. The molecule has 5 heteroatoms. The van der Waals surface area contributed by atoms with Crippen molar-refractivity contribution in [1.82, 2.24) is 9.80 Å². The summed E-state index contributed by atoms with van der Waals surface area (Å²) in [6, 6.07) is 22.2. The lowest BCUT2D eigenvalue weighted by Crippen LogP contribution is -2.47. The predicted octanol–water partition coefficient (Wildman–Crippen LogP) is 8.44. The number of benzene rings is 3. The fourth-order valence-corrected chi connectivity index (χ4v) is 5.80. The Balaban J connectivity index is 1.45. The molecule has 1 fully saturated rings. The van der Waals surface area contributed by atoms with Crippen molar-refractivity contribution in [2.45, 2.75) is 92.2 Å². The molecule has 0 spiro atoms. The Hall–Kier alpha value is -3.44. The van der Waals surface area contributed by atoms with Crippen molar-refractivity contribution < 1.29 is 9.59 Å². The number of rotatable bonds is 13. The molecule has 43 heavy (non-hydrogen) atoms. The minimum atomic E-state index is -0.116. The third-order valence-electron chi connectivity index (χ3n) is 8.89. The van der Waals surface area contributed by atoms with Gasteiger partial charge in [-0.1, -0.05) is 63.9 Å².